The molecule has 1 rings (SSSR count). The minimum atomic E-state index is 0.158. The fourth-order valence-electron chi connectivity index (χ4n) is 2.37. The van der Waals surface area contributed by atoms with Crippen molar-refractivity contribution in [2.45, 2.75) is 32.7 Å². The van der Waals surface area contributed by atoms with E-state index in [1.54, 1.807) is 6.07 Å². The van der Waals surface area contributed by atoms with E-state index in [-0.39, 0.29) is 6.61 Å². The van der Waals surface area contributed by atoms with Crippen LogP contribution >= 0.6 is 0 Å². The number of ether oxygens (including phenoxy) is 1. The zero-order valence-electron chi connectivity index (χ0n) is 12.4. The van der Waals surface area contributed by atoms with Gasteiger partial charge in [-0.05, 0) is 25.0 Å². The van der Waals surface area contributed by atoms with E-state index >= 15 is 0 Å². The summed E-state index contributed by atoms with van der Waals surface area (Å²) in [4.78, 5) is 2.25. The molecule has 0 aliphatic carbocycles. The van der Waals surface area contributed by atoms with Crippen molar-refractivity contribution in [1.29, 1.82) is 5.26 Å². The number of hydrogen-bond donors (Lipinski definition) is 1. The van der Waals surface area contributed by atoms with Gasteiger partial charge >= 0.3 is 0 Å². The fraction of sp³-hybridized carbons (Fsp3) is 0.562. The minimum Gasteiger partial charge on any atom is -0.491 e. The number of benzene rings is 1. The van der Waals surface area contributed by atoms with Crippen LogP contribution in [0.5, 0.6) is 5.75 Å². The van der Waals surface area contributed by atoms with Crippen molar-refractivity contribution in [1.82, 2.24) is 4.90 Å². The van der Waals surface area contributed by atoms with Gasteiger partial charge in [0.15, 0.2) is 0 Å². The second kappa shape index (κ2) is 9.35. The molecule has 0 aliphatic heterocycles. The summed E-state index contributed by atoms with van der Waals surface area (Å²) in [5.41, 5.74) is 0.559. The molecule has 4 heteroatoms. The Hall–Kier alpha value is -1.57. The molecule has 0 spiro atoms. The van der Waals surface area contributed by atoms with Crippen molar-refractivity contribution >= 4 is 0 Å². The van der Waals surface area contributed by atoms with E-state index < -0.39 is 0 Å². The maximum Gasteiger partial charge on any atom is 0.137 e. The van der Waals surface area contributed by atoms with Gasteiger partial charge in [0.1, 0.15) is 18.4 Å². The summed E-state index contributed by atoms with van der Waals surface area (Å²) in [7, 11) is 0. The Kier molecular flexibility index (Phi) is 7.71. The fourth-order valence-corrected chi connectivity index (χ4v) is 2.37. The van der Waals surface area contributed by atoms with Crippen molar-refractivity contribution in [2.75, 3.05) is 26.3 Å². The number of nitrogens with zero attached hydrogens (tertiary/aromatic N) is 2. The van der Waals surface area contributed by atoms with Crippen LogP contribution in [0.2, 0.25) is 0 Å². The average molecular weight is 276 g/mol. The molecule has 1 aromatic carbocycles. The van der Waals surface area contributed by atoms with Gasteiger partial charge in [-0.3, -0.25) is 4.90 Å². The maximum atomic E-state index is 9.15. The summed E-state index contributed by atoms with van der Waals surface area (Å²) >= 11 is 0. The first-order chi connectivity index (χ1) is 9.76. The molecule has 0 heterocycles. The largest absolute Gasteiger partial charge is 0.491 e. The number of aliphatic hydroxyl groups excluding tert-OH is 1. The zero-order chi connectivity index (χ0) is 14.8. The van der Waals surface area contributed by atoms with Crippen LogP contribution in [0.1, 0.15) is 32.3 Å². The molecule has 0 aliphatic rings. The predicted molar refractivity (Wildman–Crippen MR) is 79.7 cm³/mol. The Labute approximate surface area is 121 Å². The highest BCUT2D eigenvalue weighted by atomic mass is 16.5. The second-order valence-electron chi connectivity index (χ2n) is 4.69. The Morgan fingerprint density at radius 3 is 2.55 bits per heavy atom. The van der Waals surface area contributed by atoms with E-state index in [4.69, 9.17) is 15.1 Å². The maximum absolute atomic E-state index is 9.15. The summed E-state index contributed by atoms with van der Waals surface area (Å²) in [5.74, 6) is 0.628. The summed E-state index contributed by atoms with van der Waals surface area (Å²) in [6.07, 6.45) is 2.12. The highest BCUT2D eigenvalue weighted by Crippen LogP contribution is 2.16. The van der Waals surface area contributed by atoms with Crippen molar-refractivity contribution < 1.29 is 9.84 Å². The molecule has 0 atom stereocenters. The number of nitriles is 1. The quantitative estimate of drug-likeness (QED) is 0.752. The summed E-state index contributed by atoms with van der Waals surface area (Å²) in [6.45, 7) is 6.41. The molecule has 110 valence electrons. The molecule has 1 aromatic rings. The number of aliphatic hydroxyl groups is 1. The lowest BCUT2D eigenvalue weighted by atomic mass is 10.1. The lowest BCUT2D eigenvalue weighted by Crippen LogP contribution is -2.39. The van der Waals surface area contributed by atoms with Crippen LogP contribution in [-0.4, -0.2) is 42.4 Å². The third kappa shape index (κ3) is 4.84. The van der Waals surface area contributed by atoms with Crippen molar-refractivity contribution in [3.63, 3.8) is 0 Å². The summed E-state index contributed by atoms with van der Waals surface area (Å²) < 4.78 is 5.70. The lowest BCUT2D eigenvalue weighted by Gasteiger charge is -2.29. The third-order valence-corrected chi connectivity index (χ3v) is 3.49. The predicted octanol–water partition coefficient (Wildman–Crippen LogP) is 2.42. The Bertz CT molecular complexity index is 425. The first-order valence-electron chi connectivity index (χ1n) is 7.23. The summed E-state index contributed by atoms with van der Waals surface area (Å²) in [5, 5.41) is 18.2. The molecule has 0 amide bonds. The van der Waals surface area contributed by atoms with Crippen LogP contribution in [0.3, 0.4) is 0 Å². The van der Waals surface area contributed by atoms with Gasteiger partial charge in [0.05, 0.1) is 12.2 Å². The van der Waals surface area contributed by atoms with Crippen LogP contribution in [0.25, 0.3) is 0 Å². The Balaban J connectivity index is 2.54. The van der Waals surface area contributed by atoms with Crippen LogP contribution in [0.4, 0.5) is 0 Å². The van der Waals surface area contributed by atoms with Crippen LogP contribution in [-0.2, 0) is 0 Å². The third-order valence-electron chi connectivity index (χ3n) is 3.49. The van der Waals surface area contributed by atoms with Crippen molar-refractivity contribution in [2.24, 2.45) is 0 Å². The normalized spacial score (nSPS) is 10.8. The average Bonchev–Trinajstić information content (AvgIpc) is 2.49. The first-order valence-corrected chi connectivity index (χ1v) is 7.23. The van der Waals surface area contributed by atoms with E-state index in [9.17, 15) is 0 Å². The number of para-hydroxylation sites is 1. The Morgan fingerprint density at radius 1 is 1.25 bits per heavy atom. The molecule has 1 N–H and O–H groups in total. The van der Waals surface area contributed by atoms with Gasteiger partial charge in [-0.15, -0.1) is 0 Å². The molecule has 0 saturated heterocycles. The molecule has 0 fully saturated rings. The van der Waals surface area contributed by atoms with E-state index in [1.165, 1.54) is 0 Å². The molecule has 4 nitrogen and oxygen atoms in total. The van der Waals surface area contributed by atoms with Gasteiger partial charge in [-0.2, -0.15) is 5.26 Å². The molecule has 0 unspecified atom stereocenters. The van der Waals surface area contributed by atoms with Crippen LogP contribution in [0.15, 0.2) is 24.3 Å². The molecule has 20 heavy (non-hydrogen) atoms. The smallest absolute Gasteiger partial charge is 0.137 e. The molecule has 0 aromatic heterocycles. The minimum absolute atomic E-state index is 0.158. The monoisotopic (exact) mass is 276 g/mol. The first kappa shape index (κ1) is 16.5. The van der Waals surface area contributed by atoms with Crippen molar-refractivity contribution in [3.8, 4) is 11.8 Å². The van der Waals surface area contributed by atoms with E-state index in [2.05, 4.69) is 24.8 Å². The molecular formula is C16H24N2O2. The van der Waals surface area contributed by atoms with E-state index in [1.807, 2.05) is 18.2 Å². The zero-order valence-corrected chi connectivity index (χ0v) is 12.4. The van der Waals surface area contributed by atoms with Crippen LogP contribution in [0, 0.1) is 11.3 Å². The number of hydrogen-bond acceptors (Lipinski definition) is 4. The highest BCUT2D eigenvalue weighted by molar-refractivity contribution is 5.42. The van der Waals surface area contributed by atoms with E-state index in [0.29, 0.717) is 30.5 Å². The van der Waals surface area contributed by atoms with Gasteiger partial charge in [0, 0.05) is 19.1 Å². The topological polar surface area (TPSA) is 56.5 Å². The van der Waals surface area contributed by atoms with Crippen molar-refractivity contribution in [3.05, 3.63) is 29.8 Å². The molecular weight excluding hydrogens is 252 g/mol. The van der Waals surface area contributed by atoms with Gasteiger partial charge in [0.2, 0.25) is 0 Å². The summed E-state index contributed by atoms with van der Waals surface area (Å²) in [6, 6.07) is 9.85. The Morgan fingerprint density at radius 2 is 1.95 bits per heavy atom. The van der Waals surface area contributed by atoms with Crippen LogP contribution < -0.4 is 4.74 Å². The van der Waals surface area contributed by atoms with Gasteiger partial charge in [-0.25, -0.2) is 0 Å². The second-order valence-corrected chi connectivity index (χ2v) is 4.69. The molecule has 0 bridgehead atoms. The van der Waals surface area contributed by atoms with Gasteiger partial charge in [0.25, 0.3) is 0 Å². The molecule has 0 radical (unpaired) electrons. The lowest BCUT2D eigenvalue weighted by molar-refractivity contribution is 0.122. The molecule has 0 saturated carbocycles. The highest BCUT2D eigenvalue weighted by Gasteiger charge is 2.14. The standard InChI is InChI=1S/C16H24N2O2/c1-3-15(4-2)18(9-11-19)10-12-20-16-8-6-5-7-14(16)13-17/h5-8,15,19H,3-4,9-12H2,1-2H3. The number of rotatable bonds is 9. The SMILES string of the molecule is CCC(CC)N(CCO)CCOc1ccccc1C#N. The van der Waals surface area contributed by atoms with Gasteiger partial charge < -0.3 is 9.84 Å². The van der Waals surface area contributed by atoms with Gasteiger partial charge in [-0.1, -0.05) is 26.0 Å². The van der Waals surface area contributed by atoms with E-state index in [0.717, 1.165) is 19.4 Å².